The number of guanidine groups is 1. The van der Waals surface area contributed by atoms with Crippen LogP contribution in [0.15, 0.2) is 23.2 Å². The van der Waals surface area contributed by atoms with Crippen LogP contribution < -0.4 is 10.6 Å². The molecule has 1 amide bonds. The Kier molecular flexibility index (Phi) is 2.79. The van der Waals surface area contributed by atoms with E-state index < -0.39 is 11.4 Å². The zero-order valence-corrected chi connectivity index (χ0v) is 10.1. The van der Waals surface area contributed by atoms with E-state index in [2.05, 4.69) is 15.6 Å². The molecule has 1 aromatic carbocycles. The molecular weight excluding hydrogens is 245 g/mol. The average molecular weight is 256 g/mol. The van der Waals surface area contributed by atoms with E-state index in [1.165, 1.54) is 18.2 Å². The van der Waals surface area contributed by atoms with Gasteiger partial charge in [-0.2, -0.15) is 0 Å². The average Bonchev–Trinajstić information content (AvgIpc) is 2.60. The van der Waals surface area contributed by atoms with Crippen LogP contribution in [0.5, 0.6) is 0 Å². The van der Waals surface area contributed by atoms with E-state index in [1.54, 1.807) is 14.0 Å². The van der Waals surface area contributed by atoms with Crippen LogP contribution in [0.1, 0.15) is 12.5 Å². The molecule has 1 fully saturated rings. The SMILES string of the molecule is CN=C1NC(=O)C(C)(c2ccc(F)c(Cl)c2)N1. The summed E-state index contributed by atoms with van der Waals surface area (Å²) in [7, 11) is 1.56. The molecule has 0 radical (unpaired) electrons. The molecule has 0 aromatic heterocycles. The third-order valence-corrected chi connectivity index (χ3v) is 3.06. The van der Waals surface area contributed by atoms with Crippen molar-refractivity contribution in [3.63, 3.8) is 0 Å². The monoisotopic (exact) mass is 255 g/mol. The first-order valence-corrected chi connectivity index (χ1v) is 5.37. The number of hydrogen-bond donors (Lipinski definition) is 2. The van der Waals surface area contributed by atoms with Crippen molar-refractivity contribution >= 4 is 23.5 Å². The van der Waals surface area contributed by atoms with Crippen molar-refractivity contribution in [1.82, 2.24) is 10.6 Å². The van der Waals surface area contributed by atoms with Gasteiger partial charge in [0.2, 0.25) is 0 Å². The molecule has 2 rings (SSSR count). The van der Waals surface area contributed by atoms with Gasteiger partial charge in [0.25, 0.3) is 5.91 Å². The maximum absolute atomic E-state index is 13.1. The molecule has 0 aliphatic carbocycles. The van der Waals surface area contributed by atoms with Gasteiger partial charge in [-0.25, -0.2) is 4.39 Å². The smallest absolute Gasteiger partial charge is 0.256 e. The Labute approximate surface area is 103 Å². The molecule has 1 aliphatic heterocycles. The number of aliphatic imine (C=N–C) groups is 1. The van der Waals surface area contributed by atoms with E-state index in [9.17, 15) is 9.18 Å². The Bertz CT molecular complexity index is 517. The highest BCUT2D eigenvalue weighted by Gasteiger charge is 2.42. The quantitative estimate of drug-likeness (QED) is 0.797. The van der Waals surface area contributed by atoms with Crippen molar-refractivity contribution in [3.8, 4) is 0 Å². The van der Waals surface area contributed by atoms with Crippen LogP contribution in [0.4, 0.5) is 4.39 Å². The minimum atomic E-state index is -0.980. The van der Waals surface area contributed by atoms with E-state index in [0.717, 1.165) is 0 Å². The standard InChI is InChI=1S/C11H11ClFN3O/c1-11(9(17)15-10(14-2)16-11)6-3-4-8(13)7(12)5-6/h3-5H,1-2H3,(H2,14,15,16,17). The molecule has 1 saturated heterocycles. The summed E-state index contributed by atoms with van der Waals surface area (Å²) in [6.45, 7) is 1.68. The minimum Gasteiger partial charge on any atom is -0.338 e. The van der Waals surface area contributed by atoms with E-state index in [-0.39, 0.29) is 10.9 Å². The van der Waals surface area contributed by atoms with Crippen LogP contribution in [0.2, 0.25) is 5.02 Å². The second-order valence-corrected chi connectivity index (χ2v) is 4.31. The first-order valence-electron chi connectivity index (χ1n) is 4.99. The Morgan fingerprint density at radius 2 is 2.18 bits per heavy atom. The third-order valence-electron chi connectivity index (χ3n) is 2.78. The number of rotatable bonds is 1. The lowest BCUT2D eigenvalue weighted by Crippen LogP contribution is -2.40. The predicted octanol–water partition coefficient (Wildman–Crippen LogP) is 1.40. The summed E-state index contributed by atoms with van der Waals surface area (Å²) in [6.07, 6.45) is 0. The number of halogens is 2. The van der Waals surface area contributed by atoms with Crippen molar-refractivity contribution in [2.24, 2.45) is 4.99 Å². The van der Waals surface area contributed by atoms with Crippen molar-refractivity contribution in [1.29, 1.82) is 0 Å². The Hall–Kier alpha value is -1.62. The van der Waals surface area contributed by atoms with Gasteiger partial charge in [-0.15, -0.1) is 0 Å². The van der Waals surface area contributed by atoms with Crippen LogP contribution in [0, 0.1) is 5.82 Å². The molecule has 90 valence electrons. The van der Waals surface area contributed by atoms with E-state index in [4.69, 9.17) is 11.6 Å². The summed E-state index contributed by atoms with van der Waals surface area (Å²) in [5, 5.41) is 5.51. The second kappa shape index (κ2) is 4.00. The van der Waals surface area contributed by atoms with Gasteiger partial charge in [-0.05, 0) is 24.6 Å². The Morgan fingerprint density at radius 1 is 1.47 bits per heavy atom. The minimum absolute atomic E-state index is 0.0137. The van der Waals surface area contributed by atoms with Crippen LogP contribution in [0.25, 0.3) is 0 Å². The van der Waals surface area contributed by atoms with Crippen molar-refractivity contribution in [2.75, 3.05) is 7.05 Å². The molecule has 6 heteroatoms. The molecule has 0 saturated carbocycles. The Balaban J connectivity index is 2.45. The molecule has 1 unspecified atom stereocenters. The lowest BCUT2D eigenvalue weighted by molar-refractivity contribution is -0.123. The summed E-state index contributed by atoms with van der Waals surface area (Å²) in [6, 6.07) is 4.19. The fourth-order valence-corrected chi connectivity index (χ4v) is 1.86. The molecular formula is C11H11ClFN3O. The van der Waals surface area contributed by atoms with Gasteiger partial charge >= 0.3 is 0 Å². The van der Waals surface area contributed by atoms with Crippen LogP contribution in [-0.4, -0.2) is 18.9 Å². The van der Waals surface area contributed by atoms with E-state index in [0.29, 0.717) is 11.5 Å². The van der Waals surface area contributed by atoms with Gasteiger partial charge in [-0.1, -0.05) is 17.7 Å². The fraction of sp³-hybridized carbons (Fsp3) is 0.273. The van der Waals surface area contributed by atoms with Gasteiger partial charge in [0.15, 0.2) is 5.96 Å². The number of nitrogens with one attached hydrogen (secondary N) is 2. The maximum atomic E-state index is 13.1. The summed E-state index contributed by atoms with van der Waals surface area (Å²) >= 11 is 5.71. The maximum Gasteiger partial charge on any atom is 0.256 e. The molecule has 0 spiro atoms. The van der Waals surface area contributed by atoms with Crippen LogP contribution >= 0.6 is 11.6 Å². The highest BCUT2D eigenvalue weighted by Crippen LogP contribution is 2.27. The van der Waals surface area contributed by atoms with Gasteiger partial charge in [0.05, 0.1) is 5.02 Å². The summed E-state index contributed by atoms with van der Waals surface area (Å²) in [5.74, 6) is -0.375. The number of carbonyl (C=O) groups excluding carboxylic acids is 1. The summed E-state index contributed by atoms with van der Waals surface area (Å²) in [5.41, 5.74) is -0.397. The van der Waals surface area contributed by atoms with Crippen molar-refractivity contribution in [3.05, 3.63) is 34.6 Å². The largest absolute Gasteiger partial charge is 0.338 e. The zero-order valence-electron chi connectivity index (χ0n) is 9.34. The van der Waals surface area contributed by atoms with Crippen LogP contribution in [-0.2, 0) is 10.3 Å². The number of benzene rings is 1. The van der Waals surface area contributed by atoms with Gasteiger partial charge < -0.3 is 5.32 Å². The molecule has 1 heterocycles. The summed E-state index contributed by atoms with van der Waals surface area (Å²) < 4.78 is 13.1. The molecule has 4 nitrogen and oxygen atoms in total. The van der Waals surface area contributed by atoms with Crippen molar-refractivity contribution in [2.45, 2.75) is 12.5 Å². The van der Waals surface area contributed by atoms with Gasteiger partial charge in [0, 0.05) is 7.05 Å². The molecule has 2 N–H and O–H groups in total. The Morgan fingerprint density at radius 3 is 2.71 bits per heavy atom. The molecule has 1 aromatic rings. The molecule has 1 atom stereocenters. The highest BCUT2D eigenvalue weighted by molar-refractivity contribution is 6.30. The zero-order chi connectivity index (χ0) is 12.6. The number of carbonyl (C=O) groups is 1. The van der Waals surface area contributed by atoms with E-state index in [1.807, 2.05) is 0 Å². The van der Waals surface area contributed by atoms with Gasteiger partial charge in [0.1, 0.15) is 11.4 Å². The predicted molar refractivity (Wildman–Crippen MR) is 63.4 cm³/mol. The molecule has 17 heavy (non-hydrogen) atoms. The van der Waals surface area contributed by atoms with Crippen LogP contribution in [0.3, 0.4) is 0 Å². The molecule has 0 bridgehead atoms. The lowest BCUT2D eigenvalue weighted by Gasteiger charge is -2.21. The summed E-state index contributed by atoms with van der Waals surface area (Å²) in [4.78, 5) is 15.7. The third kappa shape index (κ3) is 1.86. The normalized spacial score (nSPS) is 25.9. The number of amides is 1. The van der Waals surface area contributed by atoms with E-state index >= 15 is 0 Å². The first kappa shape index (κ1) is 11.9. The fourth-order valence-electron chi connectivity index (χ4n) is 1.68. The van der Waals surface area contributed by atoms with Crippen molar-refractivity contribution < 1.29 is 9.18 Å². The topological polar surface area (TPSA) is 53.5 Å². The molecule has 1 aliphatic rings. The lowest BCUT2D eigenvalue weighted by atomic mass is 9.92. The first-order chi connectivity index (χ1) is 7.97. The second-order valence-electron chi connectivity index (χ2n) is 3.91. The number of nitrogens with zero attached hydrogens (tertiary/aromatic N) is 1. The number of hydrogen-bond acceptors (Lipinski definition) is 2. The highest BCUT2D eigenvalue weighted by atomic mass is 35.5. The van der Waals surface area contributed by atoms with Gasteiger partial charge in [-0.3, -0.25) is 15.1 Å².